The van der Waals surface area contributed by atoms with Gasteiger partial charge < -0.3 is 4.89 Å². The number of hydrogen-bond acceptors (Lipinski definition) is 1. The van der Waals surface area contributed by atoms with E-state index in [9.17, 15) is 0 Å². The summed E-state index contributed by atoms with van der Waals surface area (Å²) in [5.74, 6) is 0. The summed E-state index contributed by atoms with van der Waals surface area (Å²) in [7, 11) is -0.454. The van der Waals surface area contributed by atoms with Crippen molar-refractivity contribution in [1.82, 2.24) is 0 Å². The van der Waals surface area contributed by atoms with Crippen LogP contribution in [0.3, 0.4) is 0 Å². The van der Waals surface area contributed by atoms with Gasteiger partial charge in [0.2, 0.25) is 7.72 Å². The molecule has 4 heavy (non-hydrogen) atoms. The molecular weight excluding hydrogens is 93.9 g/mol. The third kappa shape index (κ3) is 17.9. The van der Waals surface area contributed by atoms with Crippen LogP contribution in [-0.2, 0) is 4.57 Å². The lowest BCUT2D eigenvalue weighted by atomic mass is 15.9. The summed E-state index contributed by atoms with van der Waals surface area (Å²) < 4.78 is 9.15. The molecule has 0 aliphatic carbocycles. The zero-order valence-corrected chi connectivity index (χ0v) is 4.09. The van der Waals surface area contributed by atoms with Crippen LogP contribution in [0.2, 0.25) is 0 Å². The van der Waals surface area contributed by atoms with Crippen LogP contribution < -0.4 is 0 Å². The molecule has 1 N–H and O–H groups in total. The van der Waals surface area contributed by atoms with Crippen molar-refractivity contribution in [3.05, 3.63) is 0 Å². The van der Waals surface area contributed by atoms with Gasteiger partial charge in [0.25, 0.3) is 0 Å². The van der Waals surface area contributed by atoms with E-state index < -0.39 is 7.72 Å². The summed E-state index contributed by atoms with van der Waals surface area (Å²) in [6.45, 7) is 0. The molecule has 0 amide bonds. The minimum absolute atomic E-state index is 1.76. The van der Waals surface area contributed by atoms with Crippen LogP contribution in [0, 0.1) is 0 Å². The monoisotopic (exact) mass is 98.0 g/mol. The molecule has 0 fully saturated rings. The molecule has 0 spiro atoms. The van der Waals surface area contributed by atoms with Crippen molar-refractivity contribution in [3.63, 3.8) is 0 Å². The lowest BCUT2D eigenvalue weighted by Gasteiger charge is -1.61. The fourth-order valence-electron chi connectivity index (χ4n) is 0. The number of rotatable bonds is 0. The van der Waals surface area contributed by atoms with Gasteiger partial charge in [0.1, 0.15) is 0 Å². The predicted molar refractivity (Wildman–Crippen MR) is 20.9 cm³/mol. The van der Waals surface area contributed by atoms with E-state index in [0.29, 0.717) is 0 Å². The first-order chi connectivity index (χ1) is 1.73. The van der Waals surface area contributed by atoms with E-state index in [2.05, 4.69) is 0 Å². The second-order valence-electron chi connectivity index (χ2n) is 0.338. The Labute approximate surface area is 27.2 Å². The van der Waals surface area contributed by atoms with E-state index in [0.717, 1.165) is 0 Å². The molecule has 0 aromatic carbocycles. The van der Waals surface area contributed by atoms with E-state index in [-0.39, 0.29) is 0 Å². The van der Waals surface area contributed by atoms with Gasteiger partial charge in [-0.2, -0.15) is 0 Å². The Bertz CT molecular complexity index is 27.0. The Morgan fingerprint density at radius 3 is 2.00 bits per heavy atom. The first kappa shape index (κ1) is 4.62. The van der Waals surface area contributed by atoms with Crippen molar-refractivity contribution >= 4 is 16.6 Å². The maximum absolute atomic E-state index is 9.15. The van der Waals surface area contributed by atoms with Gasteiger partial charge in [0.05, 0.1) is 0 Å². The van der Waals surface area contributed by atoms with Crippen LogP contribution in [0.15, 0.2) is 0 Å². The summed E-state index contributed by atoms with van der Waals surface area (Å²) in [6, 6.07) is 0. The molecule has 2 nitrogen and oxygen atoms in total. The predicted octanol–water partition coefficient (Wildman–Crippen LogP) is 0.243. The molecule has 0 rings (SSSR count). The standard InChI is InChI=1S/H4O2P2/c1-4(2)3/h4H,3H2,(H,1,2). The number of hydrogen-bond donors (Lipinski definition) is 1. The maximum atomic E-state index is 9.15. The first-order valence-corrected chi connectivity index (χ1v) is 3.88. The highest BCUT2D eigenvalue weighted by atomic mass is 32.0. The van der Waals surface area contributed by atoms with Gasteiger partial charge in [-0.25, -0.2) is 0 Å². The van der Waals surface area contributed by atoms with Crippen LogP contribution in [0.1, 0.15) is 0 Å². The van der Waals surface area contributed by atoms with Crippen molar-refractivity contribution in [2.75, 3.05) is 0 Å². The summed E-state index contributed by atoms with van der Waals surface area (Å²) in [5, 5.41) is 0. The van der Waals surface area contributed by atoms with Gasteiger partial charge in [0, 0.05) is 0 Å². The lowest BCUT2D eigenvalue weighted by molar-refractivity contribution is 0.519. The van der Waals surface area contributed by atoms with Crippen LogP contribution in [-0.4, -0.2) is 4.89 Å². The molecular formula is H4O2P2. The van der Waals surface area contributed by atoms with Gasteiger partial charge in [-0.15, -0.1) is 0 Å². The zero-order valence-electron chi connectivity index (χ0n) is 1.93. The third-order valence-electron chi connectivity index (χ3n) is 0. The third-order valence-corrected chi connectivity index (χ3v) is 0. The molecule has 0 aromatic rings. The average Bonchev–Trinajstić information content (AvgIpc) is 0.811. The van der Waals surface area contributed by atoms with Crippen molar-refractivity contribution in [2.45, 2.75) is 0 Å². The molecule has 0 aromatic heterocycles. The van der Waals surface area contributed by atoms with Crippen molar-refractivity contribution < 1.29 is 9.46 Å². The Kier molecular flexibility index (Phi) is 2.19. The molecule has 2 unspecified atom stereocenters. The molecule has 26 valence electrons. The molecule has 0 heterocycles. The van der Waals surface area contributed by atoms with Gasteiger partial charge >= 0.3 is 0 Å². The Balaban J connectivity index is 2.80. The van der Waals surface area contributed by atoms with Crippen molar-refractivity contribution in [2.24, 2.45) is 0 Å². The topological polar surface area (TPSA) is 37.3 Å². The smallest absolute Gasteiger partial charge is 0.202 e. The normalized spacial score (nSPS) is 15.5. The van der Waals surface area contributed by atoms with Crippen LogP contribution in [0.5, 0.6) is 0 Å². The molecule has 0 saturated carbocycles. The van der Waals surface area contributed by atoms with E-state index >= 15 is 0 Å². The van der Waals surface area contributed by atoms with E-state index in [1.807, 2.05) is 0 Å². The van der Waals surface area contributed by atoms with Gasteiger partial charge in [0.15, 0.2) is 0 Å². The van der Waals surface area contributed by atoms with Gasteiger partial charge in [-0.1, -0.05) is 0 Å². The highest BCUT2D eigenvalue weighted by Crippen LogP contribution is 2.21. The quantitative estimate of drug-likeness (QED) is 0.440. The first-order valence-electron chi connectivity index (χ1n) is 0.716. The highest BCUT2D eigenvalue weighted by Gasteiger charge is 1.59. The van der Waals surface area contributed by atoms with E-state index in [1.54, 1.807) is 8.93 Å². The summed E-state index contributed by atoms with van der Waals surface area (Å²) in [6.07, 6.45) is 0. The minimum atomic E-state index is -2.21. The average molecular weight is 98.0 g/mol. The molecule has 2 atom stereocenters. The summed E-state index contributed by atoms with van der Waals surface area (Å²) >= 11 is 0. The highest BCUT2D eigenvalue weighted by molar-refractivity contribution is 8.03. The summed E-state index contributed by atoms with van der Waals surface area (Å²) in [5.41, 5.74) is 0. The van der Waals surface area contributed by atoms with E-state index in [4.69, 9.17) is 9.46 Å². The van der Waals surface area contributed by atoms with Gasteiger partial charge in [-0.05, 0) is 8.93 Å². The second kappa shape index (κ2) is 1.90. The minimum Gasteiger partial charge on any atom is -0.344 e. The SMILES string of the molecule is O=[PH](O)P. The van der Waals surface area contributed by atoms with Crippen molar-refractivity contribution in [3.8, 4) is 0 Å². The van der Waals surface area contributed by atoms with E-state index in [1.165, 1.54) is 0 Å². The summed E-state index contributed by atoms with van der Waals surface area (Å²) in [4.78, 5) is 7.56. The lowest BCUT2D eigenvalue weighted by Crippen LogP contribution is -1.19. The molecule has 0 saturated heterocycles. The molecule has 0 aliphatic rings. The van der Waals surface area contributed by atoms with Crippen LogP contribution >= 0.6 is 16.6 Å². The fraction of sp³-hybridized carbons (Fsp3) is 0. The second-order valence-corrected chi connectivity index (χ2v) is 2.50. The Morgan fingerprint density at radius 1 is 2.00 bits per heavy atom. The Morgan fingerprint density at radius 2 is 2.00 bits per heavy atom. The molecule has 0 bridgehead atoms. The van der Waals surface area contributed by atoms with Gasteiger partial charge in [-0.3, -0.25) is 4.57 Å². The van der Waals surface area contributed by atoms with Crippen LogP contribution in [0.25, 0.3) is 0 Å². The van der Waals surface area contributed by atoms with Crippen LogP contribution in [0.4, 0.5) is 0 Å². The molecule has 0 radical (unpaired) electrons. The molecule has 0 aliphatic heterocycles. The maximum Gasteiger partial charge on any atom is 0.202 e. The molecule has 4 heteroatoms. The largest absolute Gasteiger partial charge is 0.344 e. The Hall–Kier alpha value is 0.620. The van der Waals surface area contributed by atoms with Crippen molar-refractivity contribution in [1.29, 1.82) is 0 Å². The fourth-order valence-corrected chi connectivity index (χ4v) is 0. The zero-order chi connectivity index (χ0) is 3.58.